The maximum Gasteiger partial charge on any atom is 0.416 e. The Bertz CT molecular complexity index is 953. The number of benzene rings is 2. The van der Waals surface area contributed by atoms with E-state index in [0.29, 0.717) is 0 Å². The van der Waals surface area contributed by atoms with E-state index in [2.05, 4.69) is 10.0 Å². The Morgan fingerprint density at radius 1 is 1.04 bits per heavy atom. The molecule has 0 radical (unpaired) electrons. The van der Waals surface area contributed by atoms with Crippen molar-refractivity contribution < 1.29 is 26.4 Å². The number of hydrogen-bond acceptors (Lipinski definition) is 3. The van der Waals surface area contributed by atoms with E-state index >= 15 is 0 Å². The summed E-state index contributed by atoms with van der Waals surface area (Å²) in [6.07, 6.45) is -2.79. The normalized spacial score (nSPS) is 14.7. The van der Waals surface area contributed by atoms with Gasteiger partial charge in [-0.2, -0.15) is 13.2 Å². The van der Waals surface area contributed by atoms with Gasteiger partial charge in [-0.15, -0.1) is 0 Å². The maximum atomic E-state index is 13.0. The molecule has 0 unspecified atom stereocenters. The summed E-state index contributed by atoms with van der Waals surface area (Å²) in [6.45, 7) is 0.0230. The molecule has 1 amide bonds. The van der Waals surface area contributed by atoms with Gasteiger partial charge in [0.2, 0.25) is 10.0 Å². The van der Waals surface area contributed by atoms with Crippen LogP contribution in [0, 0.1) is 0 Å². The van der Waals surface area contributed by atoms with E-state index < -0.39 is 27.7 Å². The van der Waals surface area contributed by atoms with Crippen LogP contribution in [0.3, 0.4) is 0 Å². The first-order chi connectivity index (χ1) is 13.2. The Morgan fingerprint density at radius 2 is 1.68 bits per heavy atom. The molecule has 9 heteroatoms. The van der Waals surface area contributed by atoms with Crippen LogP contribution in [-0.4, -0.2) is 26.9 Å². The van der Waals surface area contributed by atoms with Crippen LogP contribution < -0.4 is 10.0 Å². The molecule has 2 aromatic rings. The van der Waals surface area contributed by atoms with Crippen molar-refractivity contribution in [1.82, 2.24) is 10.0 Å². The van der Waals surface area contributed by atoms with Crippen molar-refractivity contribution in [3.8, 4) is 0 Å². The summed E-state index contributed by atoms with van der Waals surface area (Å²) >= 11 is 0. The number of carbonyl (C=O) groups is 1. The molecular weight excluding hydrogens is 393 g/mol. The Labute approximate surface area is 161 Å². The Hall–Kier alpha value is -2.39. The fourth-order valence-corrected chi connectivity index (χ4v) is 4.01. The fourth-order valence-electron chi connectivity index (χ4n) is 2.70. The van der Waals surface area contributed by atoms with E-state index in [4.69, 9.17) is 0 Å². The molecule has 1 aliphatic rings. The summed E-state index contributed by atoms with van der Waals surface area (Å²) < 4.78 is 65.7. The maximum absolute atomic E-state index is 13.0. The van der Waals surface area contributed by atoms with E-state index in [0.717, 1.165) is 18.9 Å². The highest BCUT2D eigenvalue weighted by Gasteiger charge is 2.32. The van der Waals surface area contributed by atoms with Crippen LogP contribution in [0.25, 0.3) is 0 Å². The molecule has 5 nitrogen and oxygen atoms in total. The summed E-state index contributed by atoms with van der Waals surface area (Å²) in [4.78, 5) is 12.2. The van der Waals surface area contributed by atoms with E-state index in [1.807, 2.05) is 0 Å². The second-order valence-corrected chi connectivity index (χ2v) is 8.29. The third-order valence-electron chi connectivity index (χ3n) is 4.33. The van der Waals surface area contributed by atoms with E-state index in [-0.39, 0.29) is 35.0 Å². The number of hydrogen-bond donors (Lipinski definition) is 2. The zero-order valence-corrected chi connectivity index (χ0v) is 15.6. The van der Waals surface area contributed by atoms with Crippen molar-refractivity contribution in [2.45, 2.75) is 36.4 Å². The molecule has 2 N–H and O–H groups in total. The summed E-state index contributed by atoms with van der Waals surface area (Å²) in [5, 5.41) is 2.56. The predicted molar refractivity (Wildman–Crippen MR) is 97.3 cm³/mol. The minimum Gasteiger partial charge on any atom is -0.352 e. The molecule has 0 atom stereocenters. The van der Waals surface area contributed by atoms with E-state index in [1.165, 1.54) is 42.5 Å². The molecule has 0 bridgehead atoms. The zero-order chi connectivity index (χ0) is 20.4. The van der Waals surface area contributed by atoms with Gasteiger partial charge in [0.15, 0.2) is 0 Å². The molecule has 0 aromatic heterocycles. The summed E-state index contributed by atoms with van der Waals surface area (Å²) in [5.74, 6) is -0.483. The Morgan fingerprint density at radius 3 is 2.29 bits per heavy atom. The standard InChI is InChI=1S/C19H19F3N2O3S/c20-19(21,22)17-4-2-1-3-13(17)11-12-23-18(25)14-5-9-16(10-6-14)28(26,27)24-15-7-8-15/h1-6,9-10,15,24H,7-8,11-12H2,(H,23,25). The molecule has 28 heavy (non-hydrogen) atoms. The molecule has 1 aliphatic carbocycles. The van der Waals surface area contributed by atoms with Gasteiger partial charge in [-0.05, 0) is 55.2 Å². The largest absolute Gasteiger partial charge is 0.416 e. The lowest BCUT2D eigenvalue weighted by Crippen LogP contribution is -2.27. The van der Waals surface area contributed by atoms with Crippen LogP contribution >= 0.6 is 0 Å². The van der Waals surface area contributed by atoms with Crippen LogP contribution in [0.5, 0.6) is 0 Å². The van der Waals surface area contributed by atoms with Crippen LogP contribution in [0.4, 0.5) is 13.2 Å². The van der Waals surface area contributed by atoms with Crippen molar-refractivity contribution in [3.63, 3.8) is 0 Å². The predicted octanol–water partition coefficient (Wildman–Crippen LogP) is 3.12. The van der Waals surface area contributed by atoms with Crippen molar-refractivity contribution in [1.29, 1.82) is 0 Å². The summed E-state index contributed by atoms with van der Waals surface area (Å²) in [5.41, 5.74) is -0.389. The van der Waals surface area contributed by atoms with Gasteiger partial charge in [0.05, 0.1) is 10.5 Å². The van der Waals surface area contributed by atoms with Crippen molar-refractivity contribution in [2.75, 3.05) is 6.54 Å². The molecule has 0 aliphatic heterocycles. The molecule has 0 spiro atoms. The summed E-state index contributed by atoms with van der Waals surface area (Å²) in [6, 6.07) is 10.6. The molecule has 1 fully saturated rings. The number of rotatable bonds is 7. The third kappa shape index (κ3) is 5.11. The fraction of sp³-hybridized carbons (Fsp3) is 0.316. The first kappa shape index (κ1) is 20.3. The number of carbonyl (C=O) groups excluding carboxylic acids is 1. The topological polar surface area (TPSA) is 75.3 Å². The molecule has 0 heterocycles. The Balaban J connectivity index is 1.58. The van der Waals surface area contributed by atoms with Gasteiger partial charge in [-0.25, -0.2) is 13.1 Å². The first-order valence-electron chi connectivity index (χ1n) is 8.72. The quantitative estimate of drug-likeness (QED) is 0.734. The monoisotopic (exact) mass is 412 g/mol. The highest BCUT2D eigenvalue weighted by atomic mass is 32.2. The van der Waals surface area contributed by atoms with Gasteiger partial charge in [-0.3, -0.25) is 4.79 Å². The summed E-state index contributed by atoms with van der Waals surface area (Å²) in [7, 11) is -3.60. The first-order valence-corrected chi connectivity index (χ1v) is 10.2. The molecule has 0 saturated heterocycles. The van der Waals surface area contributed by atoms with Crippen molar-refractivity contribution in [2.24, 2.45) is 0 Å². The number of sulfonamides is 1. The lowest BCUT2D eigenvalue weighted by molar-refractivity contribution is -0.138. The lowest BCUT2D eigenvalue weighted by Gasteiger charge is -2.13. The number of amides is 1. The zero-order valence-electron chi connectivity index (χ0n) is 14.8. The highest BCUT2D eigenvalue weighted by molar-refractivity contribution is 7.89. The van der Waals surface area contributed by atoms with E-state index in [9.17, 15) is 26.4 Å². The number of nitrogens with one attached hydrogen (secondary N) is 2. The van der Waals surface area contributed by atoms with Gasteiger partial charge in [-0.1, -0.05) is 18.2 Å². The van der Waals surface area contributed by atoms with E-state index in [1.54, 1.807) is 0 Å². The smallest absolute Gasteiger partial charge is 0.352 e. The van der Waals surface area contributed by atoms with Gasteiger partial charge in [0, 0.05) is 18.2 Å². The third-order valence-corrected chi connectivity index (χ3v) is 5.87. The molecule has 2 aromatic carbocycles. The highest BCUT2D eigenvalue weighted by Crippen LogP contribution is 2.31. The Kier molecular flexibility index (Phi) is 5.76. The second kappa shape index (κ2) is 7.92. The molecule has 150 valence electrons. The molecule has 3 rings (SSSR count). The number of alkyl halides is 3. The number of halogens is 3. The van der Waals surface area contributed by atoms with Gasteiger partial charge in [0.25, 0.3) is 5.91 Å². The lowest BCUT2D eigenvalue weighted by atomic mass is 10.0. The van der Waals surface area contributed by atoms with Gasteiger partial charge >= 0.3 is 6.18 Å². The SMILES string of the molecule is O=C(NCCc1ccccc1C(F)(F)F)c1ccc(S(=O)(=O)NC2CC2)cc1. The van der Waals surface area contributed by atoms with Crippen LogP contribution in [0.2, 0.25) is 0 Å². The average molecular weight is 412 g/mol. The minimum atomic E-state index is -4.45. The van der Waals surface area contributed by atoms with Crippen molar-refractivity contribution in [3.05, 3.63) is 65.2 Å². The molecule has 1 saturated carbocycles. The molecular formula is C19H19F3N2O3S. The van der Waals surface area contributed by atoms with Crippen LogP contribution in [0.15, 0.2) is 53.4 Å². The second-order valence-electron chi connectivity index (χ2n) is 6.58. The van der Waals surface area contributed by atoms with Gasteiger partial charge < -0.3 is 5.32 Å². The van der Waals surface area contributed by atoms with Crippen LogP contribution in [-0.2, 0) is 22.6 Å². The average Bonchev–Trinajstić information content (AvgIpc) is 3.44. The van der Waals surface area contributed by atoms with Crippen molar-refractivity contribution >= 4 is 15.9 Å². The minimum absolute atomic E-state index is 0.0208. The van der Waals surface area contributed by atoms with Gasteiger partial charge in [0.1, 0.15) is 0 Å². The van der Waals surface area contributed by atoms with Crippen LogP contribution in [0.1, 0.15) is 34.3 Å².